The van der Waals surface area contributed by atoms with Crippen LogP contribution in [0.25, 0.3) is 22.8 Å². The number of phenolic OH excluding ortho intramolecular Hbond substituents is 1. The van der Waals surface area contributed by atoms with Crippen molar-refractivity contribution in [3.63, 3.8) is 0 Å². The Morgan fingerprint density at radius 2 is 2.10 bits per heavy atom. The number of pyridine rings is 1. The minimum Gasteiger partial charge on any atom is -0.508 e. The molecule has 1 N–H and O–H groups in total. The van der Waals surface area contributed by atoms with E-state index >= 15 is 0 Å². The summed E-state index contributed by atoms with van der Waals surface area (Å²) in [6, 6.07) is 6.42. The molecule has 2 heterocycles. The van der Waals surface area contributed by atoms with Crippen molar-refractivity contribution in [1.29, 1.82) is 0 Å². The van der Waals surface area contributed by atoms with Crippen molar-refractivity contribution in [2.75, 3.05) is 0 Å². The molecule has 3 aromatic rings. The van der Waals surface area contributed by atoms with Crippen LogP contribution in [0.5, 0.6) is 5.75 Å². The van der Waals surface area contributed by atoms with Gasteiger partial charge < -0.3 is 9.63 Å². The highest BCUT2D eigenvalue weighted by Gasteiger charge is 2.15. The molecule has 106 valence electrons. The topological polar surface area (TPSA) is 72.0 Å². The summed E-state index contributed by atoms with van der Waals surface area (Å²) in [5.41, 5.74) is 2.41. The number of benzene rings is 1. The maximum atomic E-state index is 9.55. The molecular weight excluding hydrogens is 290 g/mol. The van der Waals surface area contributed by atoms with E-state index in [9.17, 15) is 5.11 Å². The van der Waals surface area contributed by atoms with Crippen LogP contribution >= 0.6 is 11.6 Å². The third-order valence-corrected chi connectivity index (χ3v) is 3.46. The summed E-state index contributed by atoms with van der Waals surface area (Å²) < 4.78 is 5.26. The zero-order chi connectivity index (χ0) is 14.8. The monoisotopic (exact) mass is 301 g/mol. The number of aryl methyl sites for hydroxylation is 1. The fraction of sp³-hybridized carbons (Fsp3) is 0.133. The second kappa shape index (κ2) is 5.54. The van der Waals surface area contributed by atoms with Crippen molar-refractivity contribution >= 4 is 11.6 Å². The van der Waals surface area contributed by atoms with Crippen LogP contribution in [0.15, 0.2) is 41.2 Å². The van der Waals surface area contributed by atoms with Crippen LogP contribution in [-0.4, -0.2) is 20.2 Å². The molecule has 0 saturated carbocycles. The molecule has 1 aromatic carbocycles. The number of hydrogen-bond acceptors (Lipinski definition) is 5. The summed E-state index contributed by atoms with van der Waals surface area (Å²) >= 11 is 6.10. The van der Waals surface area contributed by atoms with Gasteiger partial charge in [0, 0.05) is 18.0 Å². The fourth-order valence-electron chi connectivity index (χ4n) is 2.05. The van der Waals surface area contributed by atoms with Crippen molar-refractivity contribution in [2.45, 2.75) is 13.3 Å². The van der Waals surface area contributed by atoms with Crippen molar-refractivity contribution < 1.29 is 9.63 Å². The lowest BCUT2D eigenvalue weighted by Crippen LogP contribution is -1.90. The molecule has 2 aromatic heterocycles. The zero-order valence-corrected chi connectivity index (χ0v) is 12.0. The Balaban J connectivity index is 2.06. The van der Waals surface area contributed by atoms with Gasteiger partial charge in [0.05, 0.1) is 10.6 Å². The summed E-state index contributed by atoms with van der Waals surface area (Å²) in [6.45, 7) is 2.04. The molecule has 0 unspecified atom stereocenters. The average molecular weight is 302 g/mol. The second-order valence-electron chi connectivity index (χ2n) is 4.47. The van der Waals surface area contributed by atoms with Gasteiger partial charge in [-0.3, -0.25) is 4.98 Å². The van der Waals surface area contributed by atoms with E-state index in [1.54, 1.807) is 18.5 Å². The minimum absolute atomic E-state index is 0.0901. The molecule has 0 aliphatic heterocycles. The lowest BCUT2D eigenvalue weighted by atomic mass is 10.1. The summed E-state index contributed by atoms with van der Waals surface area (Å²) in [6.07, 6.45) is 4.29. The van der Waals surface area contributed by atoms with Gasteiger partial charge >= 0.3 is 0 Å². The van der Waals surface area contributed by atoms with Gasteiger partial charge in [0.1, 0.15) is 5.75 Å². The maximum absolute atomic E-state index is 9.55. The van der Waals surface area contributed by atoms with E-state index in [1.807, 2.05) is 13.0 Å². The summed E-state index contributed by atoms with van der Waals surface area (Å²) in [5.74, 6) is 0.834. The van der Waals surface area contributed by atoms with Gasteiger partial charge in [0.25, 0.3) is 5.89 Å². The molecule has 6 heteroatoms. The van der Waals surface area contributed by atoms with E-state index in [4.69, 9.17) is 16.1 Å². The van der Waals surface area contributed by atoms with Crippen LogP contribution in [0, 0.1) is 0 Å². The second-order valence-corrected chi connectivity index (χ2v) is 4.88. The van der Waals surface area contributed by atoms with E-state index < -0.39 is 0 Å². The van der Waals surface area contributed by atoms with Gasteiger partial charge in [0.2, 0.25) is 5.82 Å². The Labute approximate surface area is 126 Å². The zero-order valence-electron chi connectivity index (χ0n) is 11.2. The molecule has 0 bridgehead atoms. The van der Waals surface area contributed by atoms with E-state index in [0.29, 0.717) is 16.4 Å². The molecule has 0 atom stereocenters. The average Bonchev–Trinajstić information content (AvgIpc) is 2.99. The quantitative estimate of drug-likeness (QED) is 0.798. The standard InChI is InChI=1S/C15H12ClN3O2/c1-2-9-8-17-6-5-11(9)14-18-15(21-19-14)12-7-10(20)3-4-13(12)16/h3-8,20H,2H2,1H3. The van der Waals surface area contributed by atoms with E-state index in [2.05, 4.69) is 15.1 Å². The number of aromatic nitrogens is 3. The number of rotatable bonds is 3. The minimum atomic E-state index is 0.0901. The van der Waals surface area contributed by atoms with E-state index in [-0.39, 0.29) is 11.6 Å². The SMILES string of the molecule is CCc1cnccc1-c1noc(-c2cc(O)ccc2Cl)n1. The smallest absolute Gasteiger partial charge is 0.259 e. The number of phenols is 1. The van der Waals surface area contributed by atoms with Crippen molar-refractivity contribution in [3.05, 3.63) is 47.2 Å². The van der Waals surface area contributed by atoms with Gasteiger partial charge in [-0.15, -0.1) is 0 Å². The molecule has 0 saturated heterocycles. The summed E-state index contributed by atoms with van der Waals surface area (Å²) in [7, 11) is 0. The van der Waals surface area contributed by atoms with Crippen LogP contribution in [0.4, 0.5) is 0 Å². The molecule has 0 radical (unpaired) electrons. The number of halogens is 1. The highest BCUT2D eigenvalue weighted by Crippen LogP contribution is 2.31. The fourth-order valence-corrected chi connectivity index (χ4v) is 2.24. The van der Waals surface area contributed by atoms with Crippen LogP contribution in [0.1, 0.15) is 12.5 Å². The first-order chi connectivity index (χ1) is 10.2. The maximum Gasteiger partial charge on any atom is 0.259 e. The highest BCUT2D eigenvalue weighted by molar-refractivity contribution is 6.33. The molecule has 0 amide bonds. The Hall–Kier alpha value is -2.40. The lowest BCUT2D eigenvalue weighted by molar-refractivity contribution is 0.431. The molecule has 3 rings (SSSR count). The van der Waals surface area contributed by atoms with Gasteiger partial charge in [0.15, 0.2) is 0 Å². The first-order valence-corrected chi connectivity index (χ1v) is 6.82. The molecular formula is C15H12ClN3O2. The Morgan fingerprint density at radius 3 is 2.90 bits per heavy atom. The molecule has 0 spiro atoms. The van der Waals surface area contributed by atoms with Gasteiger partial charge in [-0.1, -0.05) is 23.7 Å². The van der Waals surface area contributed by atoms with Crippen molar-refractivity contribution in [1.82, 2.24) is 15.1 Å². The van der Waals surface area contributed by atoms with Gasteiger partial charge in [-0.25, -0.2) is 0 Å². The van der Waals surface area contributed by atoms with Gasteiger partial charge in [-0.2, -0.15) is 4.98 Å². The Kier molecular flexibility index (Phi) is 3.58. The number of aromatic hydroxyl groups is 1. The molecule has 0 fully saturated rings. The normalized spacial score (nSPS) is 10.8. The predicted octanol–water partition coefficient (Wildman–Crippen LogP) is 3.72. The van der Waals surface area contributed by atoms with Crippen LogP contribution in [-0.2, 0) is 6.42 Å². The lowest BCUT2D eigenvalue weighted by Gasteiger charge is -2.01. The first-order valence-electron chi connectivity index (χ1n) is 6.45. The molecule has 5 nitrogen and oxygen atoms in total. The first kappa shape index (κ1) is 13.6. The predicted molar refractivity (Wildman–Crippen MR) is 79.0 cm³/mol. The Bertz CT molecular complexity index is 786. The Morgan fingerprint density at radius 1 is 1.24 bits per heavy atom. The van der Waals surface area contributed by atoms with Crippen LogP contribution < -0.4 is 0 Å². The third kappa shape index (κ3) is 2.60. The molecule has 21 heavy (non-hydrogen) atoms. The number of nitrogens with zero attached hydrogens (tertiary/aromatic N) is 3. The summed E-state index contributed by atoms with van der Waals surface area (Å²) in [4.78, 5) is 8.45. The largest absolute Gasteiger partial charge is 0.508 e. The summed E-state index contributed by atoms with van der Waals surface area (Å²) in [5, 5.41) is 14.0. The van der Waals surface area contributed by atoms with E-state index in [0.717, 1.165) is 17.5 Å². The van der Waals surface area contributed by atoms with Crippen molar-refractivity contribution in [2.24, 2.45) is 0 Å². The van der Waals surface area contributed by atoms with E-state index in [1.165, 1.54) is 12.1 Å². The molecule has 0 aliphatic rings. The van der Waals surface area contributed by atoms with Crippen LogP contribution in [0.2, 0.25) is 5.02 Å². The number of hydrogen-bond donors (Lipinski definition) is 1. The third-order valence-electron chi connectivity index (χ3n) is 3.13. The van der Waals surface area contributed by atoms with Gasteiger partial charge in [-0.05, 0) is 36.2 Å². The molecule has 0 aliphatic carbocycles. The highest BCUT2D eigenvalue weighted by atomic mass is 35.5. The van der Waals surface area contributed by atoms with Crippen LogP contribution in [0.3, 0.4) is 0 Å². The van der Waals surface area contributed by atoms with Crippen molar-refractivity contribution in [3.8, 4) is 28.6 Å².